The number of halogens is 2. The van der Waals surface area contributed by atoms with E-state index in [9.17, 15) is 4.79 Å². The highest BCUT2D eigenvalue weighted by Gasteiger charge is 2.22. The third kappa shape index (κ3) is 4.14. The van der Waals surface area contributed by atoms with Gasteiger partial charge in [0.2, 0.25) is 12.7 Å². The second-order valence-corrected chi connectivity index (χ2v) is 8.50. The summed E-state index contributed by atoms with van der Waals surface area (Å²) in [7, 11) is 0. The van der Waals surface area contributed by atoms with Crippen molar-refractivity contribution in [1.82, 2.24) is 10.3 Å². The molecule has 1 aliphatic rings. The minimum Gasteiger partial charge on any atom is -0.454 e. The van der Waals surface area contributed by atoms with Crippen LogP contribution in [0.2, 0.25) is 10.0 Å². The summed E-state index contributed by atoms with van der Waals surface area (Å²) in [4.78, 5) is 16.3. The Kier molecular flexibility index (Phi) is 5.68. The summed E-state index contributed by atoms with van der Waals surface area (Å²) in [5, 5.41) is 5.05. The van der Waals surface area contributed by atoms with Gasteiger partial charge in [0.05, 0.1) is 10.0 Å². The molecular weight excluding hydrogens is 447 g/mol. The lowest BCUT2D eigenvalue weighted by molar-refractivity contribution is -0.121. The van der Waals surface area contributed by atoms with E-state index in [1.54, 1.807) is 6.07 Å². The van der Waals surface area contributed by atoms with Gasteiger partial charge in [-0.15, -0.1) is 0 Å². The third-order valence-corrected chi connectivity index (χ3v) is 6.40. The molecule has 0 spiro atoms. The SMILES string of the molecule is O=C(C[C@H](c1ccc(Cl)c(Cl)c1)c1c[nH]c2ccccc12)NCc1ccc2c(c1)OCO2. The van der Waals surface area contributed by atoms with Crippen LogP contribution in [0.15, 0.2) is 66.9 Å². The van der Waals surface area contributed by atoms with Gasteiger partial charge in [-0.05, 0) is 47.0 Å². The predicted octanol–water partition coefficient (Wildman–Crippen LogP) is 6.04. The van der Waals surface area contributed by atoms with E-state index in [0.29, 0.717) is 22.3 Å². The van der Waals surface area contributed by atoms with Crippen molar-refractivity contribution >= 4 is 40.0 Å². The number of hydrogen-bond acceptors (Lipinski definition) is 3. The van der Waals surface area contributed by atoms with Gasteiger partial charge in [0, 0.05) is 36.0 Å². The van der Waals surface area contributed by atoms with Crippen LogP contribution in [0.25, 0.3) is 10.9 Å². The first-order chi connectivity index (χ1) is 15.6. The van der Waals surface area contributed by atoms with Gasteiger partial charge in [-0.25, -0.2) is 0 Å². The standard InChI is InChI=1S/C25H20Cl2N2O3/c26-20-7-6-16(10-21(20)27)18(19-13-28-22-4-2-1-3-17(19)22)11-25(30)29-12-15-5-8-23-24(9-15)32-14-31-23/h1-10,13,18,28H,11-12,14H2,(H,29,30)/t18-/m1/s1. The maximum Gasteiger partial charge on any atom is 0.231 e. The molecule has 0 saturated carbocycles. The highest BCUT2D eigenvalue weighted by molar-refractivity contribution is 6.42. The van der Waals surface area contributed by atoms with Crippen molar-refractivity contribution < 1.29 is 14.3 Å². The molecule has 0 saturated heterocycles. The molecule has 1 atom stereocenters. The Hall–Kier alpha value is -3.15. The number of ether oxygens (including phenoxy) is 2. The van der Waals surface area contributed by atoms with E-state index < -0.39 is 0 Å². The summed E-state index contributed by atoms with van der Waals surface area (Å²) in [6.07, 6.45) is 2.23. The highest BCUT2D eigenvalue weighted by atomic mass is 35.5. The van der Waals surface area contributed by atoms with E-state index in [2.05, 4.69) is 16.4 Å². The van der Waals surface area contributed by atoms with Gasteiger partial charge in [0.25, 0.3) is 0 Å². The van der Waals surface area contributed by atoms with E-state index in [1.807, 2.05) is 54.7 Å². The Balaban J connectivity index is 1.39. The minimum atomic E-state index is -0.183. The molecule has 0 fully saturated rings. The second kappa shape index (κ2) is 8.77. The number of nitrogens with one attached hydrogen (secondary N) is 2. The zero-order chi connectivity index (χ0) is 22.1. The van der Waals surface area contributed by atoms with Gasteiger partial charge >= 0.3 is 0 Å². The first-order valence-electron chi connectivity index (χ1n) is 10.2. The van der Waals surface area contributed by atoms with Gasteiger partial charge in [-0.2, -0.15) is 0 Å². The van der Waals surface area contributed by atoms with Crippen molar-refractivity contribution in [3.63, 3.8) is 0 Å². The average Bonchev–Trinajstić information content (AvgIpc) is 3.44. The molecule has 0 bridgehead atoms. The van der Waals surface area contributed by atoms with Crippen LogP contribution < -0.4 is 14.8 Å². The Bertz CT molecular complexity index is 1300. The molecule has 7 heteroatoms. The van der Waals surface area contributed by atoms with Crippen molar-refractivity contribution in [3.05, 3.63) is 93.6 Å². The fraction of sp³-hybridized carbons (Fsp3) is 0.160. The normalized spacial score (nSPS) is 13.3. The number of rotatable bonds is 6. The molecular formula is C25H20Cl2N2O3. The summed E-state index contributed by atoms with van der Waals surface area (Å²) in [5.41, 5.74) is 3.94. The Morgan fingerprint density at radius 2 is 1.84 bits per heavy atom. The number of para-hydroxylation sites is 1. The number of hydrogen-bond donors (Lipinski definition) is 2. The van der Waals surface area contributed by atoms with E-state index >= 15 is 0 Å². The fourth-order valence-corrected chi connectivity index (χ4v) is 4.33. The van der Waals surface area contributed by atoms with Crippen LogP contribution in [0.4, 0.5) is 0 Å². The molecule has 5 nitrogen and oxygen atoms in total. The number of amides is 1. The maximum atomic E-state index is 13.0. The summed E-state index contributed by atoms with van der Waals surface area (Å²) < 4.78 is 10.8. The Morgan fingerprint density at radius 3 is 2.72 bits per heavy atom. The molecule has 0 aliphatic carbocycles. The molecule has 1 amide bonds. The fourth-order valence-electron chi connectivity index (χ4n) is 4.03. The molecule has 4 aromatic rings. The largest absolute Gasteiger partial charge is 0.454 e. The summed E-state index contributed by atoms with van der Waals surface area (Å²) >= 11 is 12.4. The molecule has 1 aromatic heterocycles. The van der Waals surface area contributed by atoms with Crippen LogP contribution in [0.5, 0.6) is 11.5 Å². The third-order valence-electron chi connectivity index (χ3n) is 5.66. The van der Waals surface area contributed by atoms with E-state index in [1.165, 1.54) is 0 Å². The lowest BCUT2D eigenvalue weighted by atomic mass is 9.88. The zero-order valence-corrected chi connectivity index (χ0v) is 18.5. The van der Waals surface area contributed by atoms with Crippen LogP contribution in [0.1, 0.15) is 29.0 Å². The van der Waals surface area contributed by atoms with Crippen molar-refractivity contribution in [3.8, 4) is 11.5 Å². The summed E-state index contributed by atoms with van der Waals surface area (Å²) in [5.74, 6) is 1.17. The predicted molar refractivity (Wildman–Crippen MR) is 126 cm³/mol. The number of aromatic nitrogens is 1. The number of benzene rings is 3. The van der Waals surface area contributed by atoms with E-state index in [-0.39, 0.29) is 25.0 Å². The van der Waals surface area contributed by atoms with Crippen molar-refractivity contribution in [2.75, 3.05) is 6.79 Å². The number of aromatic amines is 1. The smallest absolute Gasteiger partial charge is 0.231 e. The second-order valence-electron chi connectivity index (χ2n) is 7.68. The number of fused-ring (bicyclic) bond motifs is 2. The van der Waals surface area contributed by atoms with Gasteiger partial charge in [-0.3, -0.25) is 4.79 Å². The van der Waals surface area contributed by atoms with Crippen LogP contribution >= 0.6 is 23.2 Å². The van der Waals surface area contributed by atoms with E-state index in [0.717, 1.165) is 33.3 Å². The molecule has 0 radical (unpaired) electrons. The van der Waals surface area contributed by atoms with Gasteiger partial charge in [-0.1, -0.05) is 53.5 Å². The van der Waals surface area contributed by atoms with Crippen LogP contribution in [0.3, 0.4) is 0 Å². The monoisotopic (exact) mass is 466 g/mol. The summed E-state index contributed by atoms with van der Waals surface area (Å²) in [6, 6.07) is 19.2. The Labute approximate surface area is 195 Å². The molecule has 2 heterocycles. The van der Waals surface area contributed by atoms with Crippen molar-refractivity contribution in [2.24, 2.45) is 0 Å². The van der Waals surface area contributed by atoms with E-state index in [4.69, 9.17) is 32.7 Å². The molecule has 2 N–H and O–H groups in total. The van der Waals surface area contributed by atoms with Gasteiger partial charge < -0.3 is 19.8 Å². The summed E-state index contributed by atoms with van der Waals surface area (Å²) in [6.45, 7) is 0.624. The van der Waals surface area contributed by atoms with Crippen LogP contribution in [0, 0.1) is 0 Å². The van der Waals surface area contributed by atoms with Crippen LogP contribution in [-0.4, -0.2) is 17.7 Å². The first kappa shape index (κ1) is 20.7. The number of carbonyl (C=O) groups is 1. The molecule has 3 aromatic carbocycles. The number of H-pyrrole nitrogens is 1. The van der Waals surface area contributed by atoms with Crippen LogP contribution in [-0.2, 0) is 11.3 Å². The topological polar surface area (TPSA) is 63.4 Å². The first-order valence-corrected chi connectivity index (χ1v) is 11.0. The maximum absolute atomic E-state index is 13.0. The quantitative estimate of drug-likeness (QED) is 0.363. The number of carbonyl (C=O) groups excluding carboxylic acids is 1. The Morgan fingerprint density at radius 1 is 1.00 bits per heavy atom. The molecule has 32 heavy (non-hydrogen) atoms. The molecule has 5 rings (SSSR count). The molecule has 162 valence electrons. The van der Waals surface area contributed by atoms with Crippen molar-refractivity contribution in [2.45, 2.75) is 18.9 Å². The van der Waals surface area contributed by atoms with Crippen molar-refractivity contribution in [1.29, 1.82) is 0 Å². The average molecular weight is 467 g/mol. The molecule has 1 aliphatic heterocycles. The minimum absolute atomic E-state index is 0.0657. The van der Waals surface area contributed by atoms with Gasteiger partial charge in [0.15, 0.2) is 11.5 Å². The lowest BCUT2D eigenvalue weighted by Crippen LogP contribution is -2.25. The zero-order valence-electron chi connectivity index (χ0n) is 17.0. The molecule has 0 unspecified atom stereocenters. The lowest BCUT2D eigenvalue weighted by Gasteiger charge is -2.18. The van der Waals surface area contributed by atoms with Gasteiger partial charge in [0.1, 0.15) is 0 Å². The highest BCUT2D eigenvalue weighted by Crippen LogP contribution is 2.36.